The summed E-state index contributed by atoms with van der Waals surface area (Å²) in [5.41, 5.74) is 0.243. The van der Waals surface area contributed by atoms with Crippen LogP contribution < -0.4 is 5.32 Å². The molecule has 0 saturated carbocycles. The molecule has 17 heavy (non-hydrogen) atoms. The molecule has 0 aromatic carbocycles. The Labute approximate surface area is 101 Å². The van der Waals surface area contributed by atoms with Crippen molar-refractivity contribution in [3.05, 3.63) is 17.5 Å². The SMILES string of the molecule is C#CCC(CC)NC(=O)c1cc(COC)on1. The minimum absolute atomic E-state index is 0.0323. The van der Waals surface area contributed by atoms with E-state index in [1.54, 1.807) is 13.2 Å². The fraction of sp³-hybridized carbons (Fsp3) is 0.500. The maximum absolute atomic E-state index is 11.8. The minimum atomic E-state index is -0.279. The first-order valence-electron chi connectivity index (χ1n) is 5.40. The van der Waals surface area contributed by atoms with Crippen molar-refractivity contribution in [3.63, 3.8) is 0 Å². The highest BCUT2D eigenvalue weighted by molar-refractivity contribution is 5.92. The highest BCUT2D eigenvalue weighted by atomic mass is 16.5. The second kappa shape index (κ2) is 6.71. The summed E-state index contributed by atoms with van der Waals surface area (Å²) in [7, 11) is 1.54. The van der Waals surface area contributed by atoms with Crippen molar-refractivity contribution in [1.29, 1.82) is 0 Å². The third-order valence-electron chi connectivity index (χ3n) is 2.27. The van der Waals surface area contributed by atoms with Crippen LogP contribution >= 0.6 is 0 Å². The number of nitrogens with zero attached hydrogens (tertiary/aromatic N) is 1. The first kappa shape index (κ1) is 13.3. The predicted octanol–water partition coefficient (Wildman–Crippen LogP) is 1.35. The summed E-state index contributed by atoms with van der Waals surface area (Å²) >= 11 is 0. The molecule has 0 aliphatic rings. The Morgan fingerprint density at radius 2 is 2.53 bits per heavy atom. The highest BCUT2D eigenvalue weighted by Crippen LogP contribution is 2.06. The van der Waals surface area contributed by atoms with E-state index in [1.165, 1.54) is 0 Å². The maximum Gasteiger partial charge on any atom is 0.273 e. The third kappa shape index (κ3) is 3.93. The van der Waals surface area contributed by atoms with E-state index < -0.39 is 0 Å². The second-order valence-electron chi connectivity index (χ2n) is 3.60. The van der Waals surface area contributed by atoms with Gasteiger partial charge in [0.05, 0.1) is 0 Å². The average Bonchev–Trinajstić information content (AvgIpc) is 2.77. The molecule has 1 aromatic rings. The van der Waals surface area contributed by atoms with Gasteiger partial charge in [0.25, 0.3) is 5.91 Å². The van der Waals surface area contributed by atoms with Crippen molar-refractivity contribution < 1.29 is 14.1 Å². The molecule has 0 aliphatic heterocycles. The lowest BCUT2D eigenvalue weighted by Crippen LogP contribution is -2.34. The predicted molar refractivity (Wildman–Crippen MR) is 62.2 cm³/mol. The molecule has 1 atom stereocenters. The van der Waals surface area contributed by atoms with Gasteiger partial charge in [-0.2, -0.15) is 0 Å². The van der Waals surface area contributed by atoms with E-state index in [0.29, 0.717) is 18.8 Å². The molecule has 1 rings (SSSR count). The average molecular weight is 236 g/mol. The van der Waals surface area contributed by atoms with Crippen molar-refractivity contribution in [2.45, 2.75) is 32.4 Å². The number of hydrogen-bond donors (Lipinski definition) is 1. The second-order valence-corrected chi connectivity index (χ2v) is 3.60. The number of rotatable bonds is 6. The van der Waals surface area contributed by atoms with Crippen molar-refractivity contribution >= 4 is 5.91 Å². The standard InChI is InChI=1S/C12H16N2O3/c1-4-6-9(5-2)13-12(15)11-7-10(8-16-3)17-14-11/h1,7,9H,5-6,8H2,2-3H3,(H,13,15). The van der Waals surface area contributed by atoms with E-state index in [4.69, 9.17) is 15.7 Å². The summed E-state index contributed by atoms with van der Waals surface area (Å²) in [5.74, 6) is 2.76. The monoisotopic (exact) mass is 236 g/mol. The molecular formula is C12H16N2O3. The number of hydrogen-bond acceptors (Lipinski definition) is 4. The van der Waals surface area contributed by atoms with Gasteiger partial charge in [0.1, 0.15) is 6.61 Å². The van der Waals surface area contributed by atoms with Gasteiger partial charge in [0.15, 0.2) is 11.5 Å². The van der Waals surface area contributed by atoms with Gasteiger partial charge in [-0.3, -0.25) is 4.79 Å². The lowest BCUT2D eigenvalue weighted by atomic mass is 10.1. The van der Waals surface area contributed by atoms with Gasteiger partial charge in [-0.15, -0.1) is 12.3 Å². The Balaban J connectivity index is 2.59. The topological polar surface area (TPSA) is 64.4 Å². The van der Waals surface area contributed by atoms with Gasteiger partial charge < -0.3 is 14.6 Å². The molecule has 0 spiro atoms. The van der Waals surface area contributed by atoms with Gasteiger partial charge >= 0.3 is 0 Å². The largest absolute Gasteiger partial charge is 0.377 e. The van der Waals surface area contributed by atoms with Crippen LogP contribution in [0.5, 0.6) is 0 Å². The molecule has 0 radical (unpaired) electrons. The molecule has 0 saturated heterocycles. The van der Waals surface area contributed by atoms with Gasteiger partial charge in [-0.05, 0) is 6.42 Å². The summed E-state index contributed by atoms with van der Waals surface area (Å²) in [6.45, 7) is 2.25. The van der Waals surface area contributed by atoms with Gasteiger partial charge in [-0.25, -0.2) is 0 Å². The Morgan fingerprint density at radius 3 is 3.12 bits per heavy atom. The number of nitrogens with one attached hydrogen (secondary N) is 1. The van der Waals surface area contributed by atoms with Gasteiger partial charge in [0, 0.05) is 25.6 Å². The molecule has 1 N–H and O–H groups in total. The molecule has 1 unspecified atom stereocenters. The van der Waals surface area contributed by atoms with Crippen LogP contribution in [0.1, 0.15) is 36.0 Å². The van der Waals surface area contributed by atoms with E-state index in [9.17, 15) is 4.79 Å². The number of carbonyl (C=O) groups excluding carboxylic acids is 1. The number of ether oxygens (including phenoxy) is 1. The van der Waals surface area contributed by atoms with E-state index in [0.717, 1.165) is 6.42 Å². The van der Waals surface area contributed by atoms with Crippen LogP contribution in [0.4, 0.5) is 0 Å². The Kier molecular flexibility index (Phi) is 5.24. The number of terminal acetylenes is 1. The van der Waals surface area contributed by atoms with Gasteiger partial charge in [0.2, 0.25) is 0 Å². The number of amides is 1. The molecule has 5 heteroatoms. The van der Waals surface area contributed by atoms with E-state index in [-0.39, 0.29) is 17.6 Å². The zero-order valence-electron chi connectivity index (χ0n) is 10.0. The number of methoxy groups -OCH3 is 1. The molecule has 1 amide bonds. The van der Waals surface area contributed by atoms with Crippen molar-refractivity contribution in [2.24, 2.45) is 0 Å². The first-order chi connectivity index (χ1) is 8.21. The molecule has 5 nitrogen and oxygen atoms in total. The van der Waals surface area contributed by atoms with Crippen LogP contribution in [0, 0.1) is 12.3 Å². The molecule has 0 fully saturated rings. The van der Waals surface area contributed by atoms with Crippen LogP contribution in [0.2, 0.25) is 0 Å². The highest BCUT2D eigenvalue weighted by Gasteiger charge is 2.15. The normalized spacial score (nSPS) is 11.8. The summed E-state index contributed by atoms with van der Waals surface area (Å²) in [5, 5.41) is 6.46. The first-order valence-corrected chi connectivity index (χ1v) is 5.40. The fourth-order valence-electron chi connectivity index (χ4n) is 1.33. The van der Waals surface area contributed by atoms with Crippen LogP contribution in [0.25, 0.3) is 0 Å². The van der Waals surface area contributed by atoms with Crippen molar-refractivity contribution in [1.82, 2.24) is 10.5 Å². The third-order valence-corrected chi connectivity index (χ3v) is 2.27. The van der Waals surface area contributed by atoms with E-state index >= 15 is 0 Å². The number of carbonyl (C=O) groups is 1. The van der Waals surface area contributed by atoms with Crippen LogP contribution in [0.15, 0.2) is 10.6 Å². The minimum Gasteiger partial charge on any atom is -0.377 e. The zero-order valence-corrected chi connectivity index (χ0v) is 10.0. The van der Waals surface area contributed by atoms with Crippen LogP contribution in [0.3, 0.4) is 0 Å². The maximum atomic E-state index is 11.8. The molecule has 1 heterocycles. The van der Waals surface area contributed by atoms with Crippen LogP contribution in [-0.4, -0.2) is 24.2 Å². The number of aromatic nitrogens is 1. The lowest BCUT2D eigenvalue weighted by molar-refractivity contribution is 0.0927. The Bertz CT molecular complexity index is 406. The molecule has 92 valence electrons. The molecule has 0 aliphatic carbocycles. The summed E-state index contributed by atoms with van der Waals surface area (Å²) in [6, 6.07) is 1.52. The fourth-order valence-corrected chi connectivity index (χ4v) is 1.33. The smallest absolute Gasteiger partial charge is 0.273 e. The molecule has 0 bridgehead atoms. The van der Waals surface area contributed by atoms with Crippen molar-refractivity contribution in [2.75, 3.05) is 7.11 Å². The quantitative estimate of drug-likeness (QED) is 0.757. The zero-order chi connectivity index (χ0) is 12.7. The van der Waals surface area contributed by atoms with Crippen molar-refractivity contribution in [3.8, 4) is 12.3 Å². The van der Waals surface area contributed by atoms with Gasteiger partial charge in [-0.1, -0.05) is 12.1 Å². The van der Waals surface area contributed by atoms with E-state index in [2.05, 4.69) is 16.4 Å². The summed E-state index contributed by atoms with van der Waals surface area (Å²) in [6.07, 6.45) is 6.49. The Morgan fingerprint density at radius 1 is 1.76 bits per heavy atom. The lowest BCUT2D eigenvalue weighted by Gasteiger charge is -2.12. The summed E-state index contributed by atoms with van der Waals surface area (Å²) in [4.78, 5) is 11.8. The Hall–Kier alpha value is -1.80. The van der Waals surface area contributed by atoms with E-state index in [1.807, 2.05) is 6.92 Å². The summed E-state index contributed by atoms with van der Waals surface area (Å²) < 4.78 is 9.80. The van der Waals surface area contributed by atoms with Crippen LogP contribution in [-0.2, 0) is 11.3 Å². The molecular weight excluding hydrogens is 220 g/mol. The molecule has 1 aromatic heterocycles.